The zero-order valence-electron chi connectivity index (χ0n) is 13.8. The van der Waals surface area contributed by atoms with Crippen molar-refractivity contribution in [2.45, 2.75) is 25.9 Å². The summed E-state index contributed by atoms with van der Waals surface area (Å²) in [6, 6.07) is 13.1. The molecule has 1 aliphatic rings. The zero-order valence-corrected chi connectivity index (χ0v) is 13.8. The van der Waals surface area contributed by atoms with Crippen LogP contribution in [0.15, 0.2) is 42.5 Å². The summed E-state index contributed by atoms with van der Waals surface area (Å²) in [7, 11) is 0. The number of rotatable bonds is 3. The average Bonchev–Trinajstić information content (AvgIpc) is 2.58. The Bertz CT molecular complexity index is 737. The molecule has 5 nitrogen and oxygen atoms in total. The Kier molecular flexibility index (Phi) is 4.71. The van der Waals surface area contributed by atoms with Crippen LogP contribution in [0.1, 0.15) is 28.8 Å². The maximum absolute atomic E-state index is 12.6. The summed E-state index contributed by atoms with van der Waals surface area (Å²) >= 11 is 0. The molecule has 5 heteroatoms. The Morgan fingerprint density at radius 1 is 1.21 bits per heavy atom. The molecule has 1 heterocycles. The minimum atomic E-state index is -0.224. The fraction of sp³-hybridized carbons (Fsp3) is 0.316. The standard InChI is InChI=1S/C19H23N3O2/c1-13-6-7-14(20)12-16(13)19(24)21-17-4-2-3-5-18(17)22-10-8-15(23)9-11-22/h2-7,12,15,23H,8-11,20H2,1H3,(H,21,24). The quantitative estimate of drug-likeness (QED) is 0.758. The van der Waals surface area contributed by atoms with Crippen LogP contribution in [0.3, 0.4) is 0 Å². The van der Waals surface area contributed by atoms with E-state index in [2.05, 4.69) is 10.2 Å². The molecule has 0 aromatic heterocycles. The monoisotopic (exact) mass is 325 g/mol. The van der Waals surface area contributed by atoms with E-state index < -0.39 is 0 Å². The predicted molar refractivity (Wildman–Crippen MR) is 97.4 cm³/mol. The molecule has 0 aliphatic carbocycles. The van der Waals surface area contributed by atoms with Crippen LogP contribution in [-0.4, -0.2) is 30.2 Å². The van der Waals surface area contributed by atoms with Gasteiger partial charge in [-0.05, 0) is 49.6 Å². The molecule has 0 radical (unpaired) electrons. The highest BCUT2D eigenvalue weighted by molar-refractivity contribution is 6.07. The van der Waals surface area contributed by atoms with Gasteiger partial charge in [-0.1, -0.05) is 18.2 Å². The number of hydrogen-bond donors (Lipinski definition) is 3. The smallest absolute Gasteiger partial charge is 0.256 e. The maximum atomic E-state index is 12.6. The van der Waals surface area contributed by atoms with Crippen LogP contribution in [0.25, 0.3) is 0 Å². The maximum Gasteiger partial charge on any atom is 0.256 e. The average molecular weight is 325 g/mol. The van der Waals surface area contributed by atoms with Crippen LogP contribution in [0.2, 0.25) is 0 Å². The summed E-state index contributed by atoms with van der Waals surface area (Å²) in [5.41, 5.74) is 9.62. The summed E-state index contributed by atoms with van der Waals surface area (Å²) in [5, 5.41) is 12.7. The molecule has 4 N–H and O–H groups in total. The van der Waals surface area contributed by atoms with E-state index >= 15 is 0 Å². The molecule has 0 bridgehead atoms. The van der Waals surface area contributed by atoms with E-state index in [-0.39, 0.29) is 12.0 Å². The van der Waals surface area contributed by atoms with Crippen LogP contribution >= 0.6 is 0 Å². The Balaban J connectivity index is 1.82. The number of nitrogens with zero attached hydrogens (tertiary/aromatic N) is 1. The molecule has 0 unspecified atom stereocenters. The Hall–Kier alpha value is -2.53. The van der Waals surface area contributed by atoms with Crippen molar-refractivity contribution in [1.82, 2.24) is 0 Å². The highest BCUT2D eigenvalue weighted by Crippen LogP contribution is 2.29. The van der Waals surface area contributed by atoms with Gasteiger partial charge in [0.1, 0.15) is 0 Å². The highest BCUT2D eigenvalue weighted by Gasteiger charge is 2.20. The summed E-state index contributed by atoms with van der Waals surface area (Å²) in [6.45, 7) is 3.46. The second-order valence-electron chi connectivity index (χ2n) is 6.26. The molecule has 2 aromatic rings. The van der Waals surface area contributed by atoms with Crippen molar-refractivity contribution in [3.05, 3.63) is 53.6 Å². The van der Waals surface area contributed by atoms with Gasteiger partial charge >= 0.3 is 0 Å². The third-order valence-corrected chi connectivity index (χ3v) is 4.46. The minimum Gasteiger partial charge on any atom is -0.399 e. The molecule has 126 valence electrons. The number of aliphatic hydroxyl groups is 1. The SMILES string of the molecule is Cc1ccc(N)cc1C(=O)Nc1ccccc1N1CCC(O)CC1. The van der Waals surface area contributed by atoms with Gasteiger partial charge in [-0.25, -0.2) is 0 Å². The molecular formula is C19H23N3O2. The van der Waals surface area contributed by atoms with Gasteiger partial charge in [0.05, 0.1) is 17.5 Å². The van der Waals surface area contributed by atoms with Crippen LogP contribution in [0.5, 0.6) is 0 Å². The number of aliphatic hydroxyl groups excluding tert-OH is 1. The number of carbonyl (C=O) groups is 1. The van der Waals surface area contributed by atoms with Crippen LogP contribution in [0, 0.1) is 6.92 Å². The predicted octanol–water partition coefficient (Wildman–Crippen LogP) is 2.79. The van der Waals surface area contributed by atoms with Gasteiger partial charge in [-0.15, -0.1) is 0 Å². The lowest BCUT2D eigenvalue weighted by molar-refractivity contribution is 0.102. The molecule has 0 saturated carbocycles. The Morgan fingerprint density at radius 2 is 1.92 bits per heavy atom. The number of aryl methyl sites for hydroxylation is 1. The largest absolute Gasteiger partial charge is 0.399 e. The van der Waals surface area contributed by atoms with Crippen molar-refractivity contribution in [1.29, 1.82) is 0 Å². The molecule has 24 heavy (non-hydrogen) atoms. The van der Waals surface area contributed by atoms with E-state index in [1.807, 2.05) is 37.3 Å². The molecule has 1 fully saturated rings. The number of para-hydroxylation sites is 2. The van der Waals surface area contributed by atoms with Crippen molar-refractivity contribution < 1.29 is 9.90 Å². The summed E-state index contributed by atoms with van der Waals surface area (Å²) in [6.07, 6.45) is 1.27. The van der Waals surface area contributed by atoms with Crippen molar-refractivity contribution in [2.24, 2.45) is 0 Å². The van der Waals surface area contributed by atoms with Crippen molar-refractivity contribution in [3.8, 4) is 0 Å². The molecule has 1 amide bonds. The van der Waals surface area contributed by atoms with E-state index in [0.717, 1.165) is 42.9 Å². The highest BCUT2D eigenvalue weighted by atomic mass is 16.3. The first-order valence-electron chi connectivity index (χ1n) is 8.24. The van der Waals surface area contributed by atoms with Gasteiger partial charge < -0.3 is 21.1 Å². The molecule has 1 aliphatic heterocycles. The third kappa shape index (κ3) is 3.51. The molecule has 2 aromatic carbocycles. The third-order valence-electron chi connectivity index (χ3n) is 4.46. The lowest BCUT2D eigenvalue weighted by Crippen LogP contribution is -2.36. The number of nitrogen functional groups attached to an aromatic ring is 1. The fourth-order valence-electron chi connectivity index (χ4n) is 3.04. The molecule has 0 atom stereocenters. The number of nitrogens with two attached hydrogens (primary N) is 1. The van der Waals surface area contributed by atoms with Gasteiger partial charge in [0.15, 0.2) is 0 Å². The van der Waals surface area contributed by atoms with Crippen LogP contribution < -0.4 is 16.0 Å². The second-order valence-corrected chi connectivity index (χ2v) is 6.26. The van der Waals surface area contributed by atoms with Gasteiger partial charge in [-0.2, -0.15) is 0 Å². The van der Waals surface area contributed by atoms with Crippen LogP contribution in [-0.2, 0) is 0 Å². The first-order chi connectivity index (χ1) is 11.5. The summed E-state index contributed by atoms with van der Waals surface area (Å²) in [5.74, 6) is -0.163. The minimum absolute atomic E-state index is 0.163. The van der Waals surface area contributed by atoms with Crippen molar-refractivity contribution >= 4 is 23.0 Å². The van der Waals surface area contributed by atoms with E-state index in [1.54, 1.807) is 12.1 Å². The van der Waals surface area contributed by atoms with Crippen molar-refractivity contribution in [2.75, 3.05) is 29.0 Å². The van der Waals surface area contributed by atoms with Gasteiger partial charge in [0.25, 0.3) is 5.91 Å². The van der Waals surface area contributed by atoms with Crippen molar-refractivity contribution in [3.63, 3.8) is 0 Å². The number of anilines is 3. The zero-order chi connectivity index (χ0) is 17.1. The van der Waals surface area contributed by atoms with E-state index in [0.29, 0.717) is 11.3 Å². The first kappa shape index (κ1) is 16.3. The fourth-order valence-corrected chi connectivity index (χ4v) is 3.04. The Morgan fingerprint density at radius 3 is 2.67 bits per heavy atom. The second kappa shape index (κ2) is 6.93. The van der Waals surface area contributed by atoms with Gasteiger partial charge in [0, 0.05) is 24.3 Å². The number of amides is 1. The number of nitrogens with one attached hydrogen (secondary N) is 1. The molecule has 3 rings (SSSR count). The number of piperidine rings is 1. The molecular weight excluding hydrogens is 302 g/mol. The summed E-state index contributed by atoms with van der Waals surface area (Å²) in [4.78, 5) is 14.9. The normalized spacial score (nSPS) is 15.3. The van der Waals surface area contributed by atoms with E-state index in [9.17, 15) is 9.90 Å². The lowest BCUT2D eigenvalue weighted by atomic mass is 10.1. The van der Waals surface area contributed by atoms with E-state index in [4.69, 9.17) is 5.73 Å². The van der Waals surface area contributed by atoms with Gasteiger partial charge in [-0.3, -0.25) is 4.79 Å². The Labute approximate surface area is 142 Å². The number of benzene rings is 2. The van der Waals surface area contributed by atoms with Crippen LogP contribution in [0.4, 0.5) is 17.1 Å². The lowest BCUT2D eigenvalue weighted by Gasteiger charge is -2.32. The summed E-state index contributed by atoms with van der Waals surface area (Å²) < 4.78 is 0. The first-order valence-corrected chi connectivity index (χ1v) is 8.24. The number of carbonyl (C=O) groups excluding carboxylic acids is 1. The molecule has 1 saturated heterocycles. The molecule has 0 spiro atoms. The van der Waals surface area contributed by atoms with E-state index in [1.165, 1.54) is 0 Å². The topological polar surface area (TPSA) is 78.6 Å². The number of hydrogen-bond acceptors (Lipinski definition) is 4. The van der Waals surface area contributed by atoms with Gasteiger partial charge in [0.2, 0.25) is 0 Å².